The maximum absolute atomic E-state index is 10.2. The fraction of sp³-hybridized carbons (Fsp3) is 0.333. The predicted octanol–water partition coefficient (Wildman–Crippen LogP) is 3.33. The molecular weight excluding hydrogens is 305 g/mol. The lowest BCUT2D eigenvalue weighted by Gasteiger charge is -2.00. The van der Waals surface area contributed by atoms with E-state index in [1.54, 1.807) is 11.8 Å². The average molecular weight is 329 g/mol. The SMILES string of the molecule is CN.CSCCCP(=O)(O)O.c1ccc2ccccc2c1. The standard InChI is InChI=1S/C10H8.C4H11O3PS.CH5N/c1-2-6-10-8-4-3-7-9(10)5-1;1-9-4-2-3-8(5,6)7;1-2/h1-8H;2-4H2,1H3,(H2,5,6,7);2H2,1H3. The lowest BCUT2D eigenvalue weighted by molar-refractivity contribution is 0.372. The van der Waals surface area contributed by atoms with Crippen molar-refractivity contribution >= 4 is 30.1 Å². The minimum atomic E-state index is -3.71. The van der Waals surface area contributed by atoms with Crippen LogP contribution < -0.4 is 5.73 Å². The number of thioether (sulfide) groups is 1. The number of nitrogens with two attached hydrogens (primary N) is 1. The lowest BCUT2D eigenvalue weighted by Crippen LogP contribution is -1.88. The molecule has 4 N–H and O–H groups in total. The highest BCUT2D eigenvalue weighted by Crippen LogP contribution is 2.34. The Kier molecular flexibility index (Phi) is 11.3. The Bertz CT molecular complexity index is 480. The molecule has 0 spiro atoms. The Morgan fingerprint density at radius 3 is 1.67 bits per heavy atom. The number of fused-ring (bicyclic) bond motifs is 1. The van der Waals surface area contributed by atoms with Crippen molar-refractivity contribution in [1.29, 1.82) is 0 Å². The van der Waals surface area contributed by atoms with E-state index in [1.165, 1.54) is 17.8 Å². The molecule has 4 nitrogen and oxygen atoms in total. The Hall–Kier alpha value is -0.840. The Labute approximate surface area is 130 Å². The molecule has 0 bridgehead atoms. The third-order valence-electron chi connectivity index (χ3n) is 2.46. The van der Waals surface area contributed by atoms with Crippen LogP contribution in [0.15, 0.2) is 48.5 Å². The van der Waals surface area contributed by atoms with Gasteiger partial charge in [0.25, 0.3) is 0 Å². The van der Waals surface area contributed by atoms with E-state index in [2.05, 4.69) is 54.3 Å². The smallest absolute Gasteiger partial charge is 0.325 e. The number of hydrogen-bond acceptors (Lipinski definition) is 3. The molecule has 0 unspecified atom stereocenters. The van der Waals surface area contributed by atoms with Crippen molar-refractivity contribution in [1.82, 2.24) is 0 Å². The zero-order valence-corrected chi connectivity index (χ0v) is 14.2. The maximum atomic E-state index is 10.2. The molecule has 0 atom stereocenters. The molecule has 0 saturated heterocycles. The molecule has 0 aliphatic heterocycles. The van der Waals surface area contributed by atoms with Gasteiger partial charge in [-0.25, -0.2) is 0 Å². The molecule has 0 fully saturated rings. The molecule has 118 valence electrons. The van der Waals surface area contributed by atoms with Gasteiger partial charge in [-0.15, -0.1) is 0 Å². The zero-order valence-electron chi connectivity index (χ0n) is 12.5. The molecule has 2 aromatic carbocycles. The molecule has 0 saturated carbocycles. The van der Waals surface area contributed by atoms with Gasteiger partial charge < -0.3 is 15.5 Å². The van der Waals surface area contributed by atoms with Crippen LogP contribution in [0.5, 0.6) is 0 Å². The molecule has 2 aromatic rings. The predicted molar refractivity (Wildman–Crippen MR) is 94.0 cm³/mol. The monoisotopic (exact) mass is 329 g/mol. The van der Waals surface area contributed by atoms with E-state index in [0.717, 1.165) is 5.75 Å². The number of hydrogen-bond donors (Lipinski definition) is 3. The maximum Gasteiger partial charge on any atom is 0.325 e. The van der Waals surface area contributed by atoms with Gasteiger partial charge in [0.2, 0.25) is 0 Å². The molecule has 2 rings (SSSR count). The summed E-state index contributed by atoms with van der Waals surface area (Å²) in [6.07, 6.45) is 2.54. The summed E-state index contributed by atoms with van der Waals surface area (Å²) in [7, 11) is -2.21. The summed E-state index contributed by atoms with van der Waals surface area (Å²) < 4.78 is 10.2. The van der Waals surface area contributed by atoms with E-state index in [4.69, 9.17) is 9.79 Å². The van der Waals surface area contributed by atoms with Crippen molar-refractivity contribution in [2.45, 2.75) is 6.42 Å². The quantitative estimate of drug-likeness (QED) is 0.592. The summed E-state index contributed by atoms with van der Waals surface area (Å²) in [5.41, 5.74) is 4.50. The summed E-state index contributed by atoms with van der Waals surface area (Å²) in [5, 5.41) is 2.62. The first-order valence-corrected chi connectivity index (χ1v) is 9.77. The van der Waals surface area contributed by atoms with Crippen molar-refractivity contribution in [3.63, 3.8) is 0 Å². The molecule has 0 heterocycles. The van der Waals surface area contributed by atoms with Gasteiger partial charge in [-0.1, -0.05) is 48.5 Å². The van der Waals surface area contributed by atoms with E-state index in [9.17, 15) is 4.57 Å². The molecule has 0 aliphatic rings. The van der Waals surface area contributed by atoms with Gasteiger partial charge in [0, 0.05) is 0 Å². The van der Waals surface area contributed by atoms with Crippen LogP contribution in [0.1, 0.15) is 6.42 Å². The Morgan fingerprint density at radius 2 is 1.38 bits per heavy atom. The fourth-order valence-corrected chi connectivity index (χ4v) is 2.76. The second kappa shape index (κ2) is 11.8. The summed E-state index contributed by atoms with van der Waals surface area (Å²) in [5.74, 6) is 0.825. The van der Waals surface area contributed by atoms with Crippen LogP contribution in [0.2, 0.25) is 0 Å². The van der Waals surface area contributed by atoms with Gasteiger partial charge in [-0.3, -0.25) is 4.57 Å². The van der Waals surface area contributed by atoms with Crippen molar-refractivity contribution in [2.24, 2.45) is 5.73 Å². The van der Waals surface area contributed by atoms with Crippen LogP contribution in [0, 0.1) is 0 Å². The summed E-state index contributed by atoms with van der Waals surface area (Å²) in [6, 6.07) is 16.7. The minimum Gasteiger partial charge on any atom is -0.333 e. The second-order valence-electron chi connectivity index (χ2n) is 4.08. The highest BCUT2D eigenvalue weighted by Gasteiger charge is 2.10. The highest BCUT2D eigenvalue weighted by molar-refractivity contribution is 7.98. The average Bonchev–Trinajstić information content (AvgIpc) is 2.49. The van der Waals surface area contributed by atoms with E-state index in [0.29, 0.717) is 6.42 Å². The van der Waals surface area contributed by atoms with Gasteiger partial charge in [0.1, 0.15) is 0 Å². The van der Waals surface area contributed by atoms with Gasteiger partial charge in [-0.2, -0.15) is 11.8 Å². The van der Waals surface area contributed by atoms with Crippen molar-refractivity contribution in [2.75, 3.05) is 25.2 Å². The molecular formula is C15H24NO3PS. The van der Waals surface area contributed by atoms with E-state index in [1.807, 2.05) is 6.26 Å². The summed E-state index contributed by atoms with van der Waals surface area (Å²) >= 11 is 1.60. The third kappa shape index (κ3) is 10.5. The minimum absolute atomic E-state index is 0.0217. The van der Waals surface area contributed by atoms with Crippen LogP contribution in [-0.2, 0) is 4.57 Å². The number of rotatable bonds is 4. The van der Waals surface area contributed by atoms with Crippen molar-refractivity contribution in [3.05, 3.63) is 48.5 Å². The van der Waals surface area contributed by atoms with Crippen LogP contribution in [0.4, 0.5) is 0 Å². The van der Waals surface area contributed by atoms with Gasteiger partial charge in [-0.05, 0) is 36.2 Å². The molecule has 0 aromatic heterocycles. The van der Waals surface area contributed by atoms with E-state index < -0.39 is 7.60 Å². The molecule has 0 aliphatic carbocycles. The number of benzene rings is 2. The third-order valence-corrected chi connectivity index (χ3v) is 4.05. The topological polar surface area (TPSA) is 83.6 Å². The van der Waals surface area contributed by atoms with Crippen LogP contribution in [-0.4, -0.2) is 35.0 Å². The summed E-state index contributed by atoms with van der Waals surface area (Å²) in [4.78, 5) is 16.7. The fourth-order valence-electron chi connectivity index (χ4n) is 1.55. The Balaban J connectivity index is 0.000000344. The first kappa shape index (κ1) is 20.2. The normalized spacial score (nSPS) is 10.1. The van der Waals surface area contributed by atoms with Crippen LogP contribution >= 0.6 is 19.4 Å². The van der Waals surface area contributed by atoms with E-state index >= 15 is 0 Å². The molecule has 0 radical (unpaired) electrons. The largest absolute Gasteiger partial charge is 0.333 e. The molecule has 0 amide bonds. The van der Waals surface area contributed by atoms with Gasteiger partial charge in [0.15, 0.2) is 0 Å². The lowest BCUT2D eigenvalue weighted by atomic mass is 10.1. The van der Waals surface area contributed by atoms with Crippen LogP contribution in [0.3, 0.4) is 0 Å². The first-order chi connectivity index (χ1) is 10.0. The second-order valence-corrected chi connectivity index (χ2v) is 6.84. The highest BCUT2D eigenvalue weighted by atomic mass is 32.2. The van der Waals surface area contributed by atoms with Gasteiger partial charge >= 0.3 is 7.60 Å². The molecule has 6 heteroatoms. The first-order valence-electron chi connectivity index (χ1n) is 6.58. The van der Waals surface area contributed by atoms with Crippen molar-refractivity contribution in [3.8, 4) is 0 Å². The molecule has 21 heavy (non-hydrogen) atoms. The van der Waals surface area contributed by atoms with Crippen LogP contribution in [0.25, 0.3) is 10.8 Å². The van der Waals surface area contributed by atoms with Gasteiger partial charge in [0.05, 0.1) is 6.16 Å². The Morgan fingerprint density at radius 1 is 1.00 bits per heavy atom. The van der Waals surface area contributed by atoms with Crippen molar-refractivity contribution < 1.29 is 14.4 Å². The zero-order chi connectivity index (χ0) is 16.1. The summed E-state index contributed by atoms with van der Waals surface area (Å²) in [6.45, 7) is 0. The van der Waals surface area contributed by atoms with E-state index in [-0.39, 0.29) is 6.16 Å².